The number of aliphatic carboxylic acids is 1. The van der Waals surface area contributed by atoms with Gasteiger partial charge in [-0.2, -0.15) is 0 Å². The third-order valence-electron chi connectivity index (χ3n) is 2.22. The summed E-state index contributed by atoms with van der Waals surface area (Å²) in [5, 5.41) is 11.0. The van der Waals surface area contributed by atoms with Crippen molar-refractivity contribution in [3.63, 3.8) is 0 Å². The largest absolute Gasteiger partial charge is 0.481 e. The van der Waals surface area contributed by atoms with Gasteiger partial charge in [-0.05, 0) is 6.42 Å². The van der Waals surface area contributed by atoms with Crippen LogP contribution in [0, 0.1) is 0 Å². The van der Waals surface area contributed by atoms with Crippen LogP contribution in [0.5, 0.6) is 0 Å². The first-order chi connectivity index (χ1) is 8.02. The minimum Gasteiger partial charge on any atom is -0.481 e. The van der Waals surface area contributed by atoms with Gasteiger partial charge in [0.15, 0.2) is 5.82 Å². The number of carboxylic acids is 1. The molecule has 0 spiro atoms. The molecule has 0 aromatic carbocycles. The number of imidazole rings is 1. The van der Waals surface area contributed by atoms with E-state index in [4.69, 9.17) is 10.8 Å². The van der Waals surface area contributed by atoms with Crippen molar-refractivity contribution in [2.45, 2.75) is 32.2 Å². The number of nitrogens with zero attached hydrogens (tertiary/aromatic N) is 1. The molecule has 1 heterocycles. The normalized spacial score (nSPS) is 12.1. The fourth-order valence-corrected chi connectivity index (χ4v) is 1.24. The zero-order valence-electron chi connectivity index (χ0n) is 9.56. The molecular weight excluding hydrogens is 224 g/mol. The van der Waals surface area contributed by atoms with E-state index >= 15 is 0 Å². The molecule has 7 nitrogen and oxygen atoms in total. The molecule has 0 unspecified atom stereocenters. The average molecular weight is 240 g/mol. The first-order valence-corrected chi connectivity index (χ1v) is 5.35. The van der Waals surface area contributed by atoms with Gasteiger partial charge < -0.3 is 21.1 Å². The van der Waals surface area contributed by atoms with Crippen LogP contribution in [0.25, 0.3) is 0 Å². The number of aromatic nitrogens is 2. The van der Waals surface area contributed by atoms with Crippen molar-refractivity contribution in [3.05, 3.63) is 12.0 Å². The van der Waals surface area contributed by atoms with Gasteiger partial charge in [0.2, 0.25) is 5.91 Å². The minimum atomic E-state index is -0.971. The fraction of sp³-hybridized carbons (Fsp3) is 0.500. The number of hydrogen-bond donors (Lipinski definition) is 4. The monoisotopic (exact) mass is 240 g/mol. The van der Waals surface area contributed by atoms with Gasteiger partial charge in [-0.15, -0.1) is 0 Å². The van der Waals surface area contributed by atoms with Crippen molar-refractivity contribution in [2.75, 3.05) is 5.32 Å². The van der Waals surface area contributed by atoms with E-state index in [9.17, 15) is 9.59 Å². The van der Waals surface area contributed by atoms with E-state index in [0.29, 0.717) is 5.82 Å². The van der Waals surface area contributed by atoms with Crippen LogP contribution < -0.4 is 11.1 Å². The summed E-state index contributed by atoms with van der Waals surface area (Å²) < 4.78 is 0. The van der Waals surface area contributed by atoms with E-state index < -0.39 is 17.9 Å². The van der Waals surface area contributed by atoms with Gasteiger partial charge in [0, 0.05) is 19.0 Å². The third-order valence-corrected chi connectivity index (χ3v) is 2.22. The van der Waals surface area contributed by atoms with Crippen LogP contribution in [0.3, 0.4) is 0 Å². The summed E-state index contributed by atoms with van der Waals surface area (Å²) in [6, 6.07) is -0.840. The maximum atomic E-state index is 11.5. The number of nitrogens with one attached hydrogen (secondary N) is 2. The smallest absolute Gasteiger partial charge is 0.303 e. The molecule has 0 saturated heterocycles. The predicted octanol–water partition coefficient (Wildman–Crippen LogP) is 0.103. The molecule has 5 N–H and O–H groups in total. The molecule has 0 aliphatic rings. The van der Waals surface area contributed by atoms with Gasteiger partial charge in [0.1, 0.15) is 5.82 Å². The number of amides is 1. The Labute approximate surface area is 98.4 Å². The molecule has 7 heteroatoms. The van der Waals surface area contributed by atoms with E-state index in [-0.39, 0.29) is 12.8 Å². The summed E-state index contributed by atoms with van der Waals surface area (Å²) in [7, 11) is 0. The van der Waals surface area contributed by atoms with Gasteiger partial charge in [0.25, 0.3) is 0 Å². The highest BCUT2D eigenvalue weighted by Gasteiger charge is 2.15. The van der Waals surface area contributed by atoms with Gasteiger partial charge in [-0.1, -0.05) is 6.92 Å². The molecule has 0 bridgehead atoms. The Kier molecular flexibility index (Phi) is 4.65. The molecule has 1 atom stereocenters. The summed E-state index contributed by atoms with van der Waals surface area (Å²) in [4.78, 5) is 28.8. The first kappa shape index (κ1) is 13.2. The molecule has 17 heavy (non-hydrogen) atoms. The number of carbonyl (C=O) groups excluding carboxylic acids is 1. The molecule has 1 aromatic rings. The number of carboxylic acid groups (broad SMARTS) is 1. The fourth-order valence-electron chi connectivity index (χ4n) is 1.24. The van der Waals surface area contributed by atoms with Crippen molar-refractivity contribution in [1.82, 2.24) is 9.97 Å². The Balaban J connectivity index is 2.45. The molecule has 1 amide bonds. The average Bonchev–Trinajstić information content (AvgIpc) is 2.73. The lowest BCUT2D eigenvalue weighted by Gasteiger charge is -2.08. The minimum absolute atomic E-state index is 0.103. The predicted molar refractivity (Wildman–Crippen MR) is 61.4 cm³/mol. The second-order valence-corrected chi connectivity index (χ2v) is 3.61. The van der Waals surface area contributed by atoms with Gasteiger partial charge in [-0.25, -0.2) is 4.98 Å². The lowest BCUT2D eigenvalue weighted by atomic mass is 10.1. The number of carbonyl (C=O) groups is 2. The molecule has 1 aromatic heterocycles. The first-order valence-electron chi connectivity index (χ1n) is 5.35. The Morgan fingerprint density at radius 1 is 1.65 bits per heavy atom. The molecular formula is C10H16N4O3. The maximum absolute atomic E-state index is 11.5. The van der Waals surface area contributed by atoms with E-state index in [1.165, 1.54) is 0 Å². The van der Waals surface area contributed by atoms with Crippen LogP contribution in [-0.2, 0) is 16.0 Å². The highest BCUT2D eigenvalue weighted by Crippen LogP contribution is 2.05. The van der Waals surface area contributed by atoms with E-state index in [0.717, 1.165) is 12.2 Å². The standard InChI is InChI=1S/C10H16N4O3/c1-2-7-12-5-8(13-7)14-10(17)6(11)3-4-9(15)16/h5-6H,2-4,11H2,1H3,(H,12,13)(H,14,17)(H,15,16)/t6-/m0/s1. The van der Waals surface area contributed by atoms with Gasteiger partial charge in [0.05, 0.1) is 6.04 Å². The van der Waals surface area contributed by atoms with Crippen molar-refractivity contribution in [3.8, 4) is 0 Å². The molecule has 0 fully saturated rings. The SMILES string of the molecule is CCc1nc(NC(=O)[C@@H](N)CCC(=O)O)c[nH]1. The van der Waals surface area contributed by atoms with E-state index in [1.807, 2.05) is 6.92 Å². The topological polar surface area (TPSA) is 121 Å². The van der Waals surface area contributed by atoms with Crippen LogP contribution in [0.1, 0.15) is 25.6 Å². The van der Waals surface area contributed by atoms with Crippen molar-refractivity contribution >= 4 is 17.7 Å². The van der Waals surface area contributed by atoms with Crippen LogP contribution in [0.2, 0.25) is 0 Å². The summed E-state index contributed by atoms with van der Waals surface area (Å²) in [5.74, 6) is -0.237. The molecule has 0 radical (unpaired) electrons. The highest BCUT2D eigenvalue weighted by molar-refractivity contribution is 5.94. The number of rotatable bonds is 6. The van der Waals surface area contributed by atoms with Crippen LogP contribution in [0.15, 0.2) is 6.20 Å². The number of aryl methyl sites for hydroxylation is 1. The highest BCUT2D eigenvalue weighted by atomic mass is 16.4. The van der Waals surface area contributed by atoms with Crippen molar-refractivity contribution in [2.24, 2.45) is 5.73 Å². The summed E-state index contributed by atoms with van der Waals surface area (Å²) in [6.07, 6.45) is 2.28. The van der Waals surface area contributed by atoms with Gasteiger partial charge >= 0.3 is 5.97 Å². The molecule has 0 saturated carbocycles. The summed E-state index contributed by atoms with van der Waals surface area (Å²) >= 11 is 0. The number of hydrogen-bond acceptors (Lipinski definition) is 4. The van der Waals surface area contributed by atoms with Crippen LogP contribution in [0.4, 0.5) is 5.82 Å². The lowest BCUT2D eigenvalue weighted by molar-refractivity contribution is -0.137. The van der Waals surface area contributed by atoms with Crippen molar-refractivity contribution in [1.29, 1.82) is 0 Å². The van der Waals surface area contributed by atoms with E-state index in [1.54, 1.807) is 6.20 Å². The second kappa shape index (κ2) is 6.00. The molecule has 0 aliphatic carbocycles. The number of H-pyrrole nitrogens is 1. The Morgan fingerprint density at radius 3 is 2.88 bits per heavy atom. The zero-order valence-corrected chi connectivity index (χ0v) is 9.56. The Bertz CT molecular complexity index is 402. The Morgan fingerprint density at radius 2 is 2.35 bits per heavy atom. The summed E-state index contributed by atoms with van der Waals surface area (Å²) in [5.41, 5.74) is 5.54. The van der Waals surface area contributed by atoms with Crippen LogP contribution in [-0.4, -0.2) is 33.0 Å². The number of aromatic amines is 1. The number of anilines is 1. The van der Waals surface area contributed by atoms with Crippen LogP contribution >= 0.6 is 0 Å². The summed E-state index contributed by atoms with van der Waals surface area (Å²) in [6.45, 7) is 1.93. The molecule has 94 valence electrons. The lowest BCUT2D eigenvalue weighted by Crippen LogP contribution is -2.36. The zero-order chi connectivity index (χ0) is 12.8. The Hall–Kier alpha value is -1.89. The number of nitrogens with two attached hydrogens (primary N) is 1. The third kappa shape index (κ3) is 4.23. The van der Waals surface area contributed by atoms with Crippen molar-refractivity contribution < 1.29 is 14.7 Å². The molecule has 0 aliphatic heterocycles. The van der Waals surface area contributed by atoms with Gasteiger partial charge in [-0.3, -0.25) is 9.59 Å². The molecule has 1 rings (SSSR count). The quantitative estimate of drug-likeness (QED) is 0.562. The maximum Gasteiger partial charge on any atom is 0.303 e. The van der Waals surface area contributed by atoms with E-state index in [2.05, 4.69) is 15.3 Å². The second-order valence-electron chi connectivity index (χ2n) is 3.61.